The molecule has 0 atom stereocenters. The predicted octanol–water partition coefficient (Wildman–Crippen LogP) is 6.10. The first-order valence-corrected chi connectivity index (χ1v) is 13.3. The largest absolute Gasteiger partial charge is 0.478 e. The van der Waals surface area contributed by atoms with Crippen LogP contribution < -0.4 is 9.80 Å². The summed E-state index contributed by atoms with van der Waals surface area (Å²) in [7, 11) is 0. The van der Waals surface area contributed by atoms with Gasteiger partial charge in [0.25, 0.3) is 0 Å². The van der Waals surface area contributed by atoms with Crippen molar-refractivity contribution in [1.29, 1.82) is 0 Å². The summed E-state index contributed by atoms with van der Waals surface area (Å²) >= 11 is 0. The van der Waals surface area contributed by atoms with Gasteiger partial charge in [0.2, 0.25) is 0 Å². The molecule has 6 heteroatoms. The average Bonchev–Trinajstić information content (AvgIpc) is 2.97. The molecular weight excluding hydrogens is 460 g/mol. The summed E-state index contributed by atoms with van der Waals surface area (Å²) in [6.07, 6.45) is 4.29. The number of fused-ring (bicyclic) bond motifs is 1. The van der Waals surface area contributed by atoms with Crippen molar-refractivity contribution in [1.82, 2.24) is 9.97 Å². The zero-order chi connectivity index (χ0) is 25.2. The van der Waals surface area contributed by atoms with Gasteiger partial charge in [-0.15, -0.1) is 0 Å². The van der Waals surface area contributed by atoms with Crippen molar-refractivity contribution in [3.8, 4) is 0 Å². The third-order valence-corrected chi connectivity index (χ3v) is 8.01. The van der Waals surface area contributed by atoms with Gasteiger partial charge in [-0.2, -0.15) is 0 Å². The lowest BCUT2D eigenvalue weighted by molar-refractivity contribution is 0.0697. The zero-order valence-electron chi connectivity index (χ0n) is 21.0. The maximum absolute atomic E-state index is 11.6. The molecular formula is C31H32N4O2. The highest BCUT2D eigenvalue weighted by atomic mass is 16.4. The van der Waals surface area contributed by atoms with Crippen LogP contribution in [0.5, 0.6) is 0 Å². The quantitative estimate of drug-likeness (QED) is 0.363. The lowest BCUT2D eigenvalue weighted by Crippen LogP contribution is -2.38. The number of aromatic nitrogens is 2. The highest BCUT2D eigenvalue weighted by Gasteiger charge is 2.29. The number of piperidine rings is 2. The maximum atomic E-state index is 11.6. The highest BCUT2D eigenvalue weighted by Crippen LogP contribution is 2.37. The van der Waals surface area contributed by atoms with E-state index in [0.29, 0.717) is 17.4 Å². The van der Waals surface area contributed by atoms with Crippen molar-refractivity contribution >= 4 is 28.6 Å². The molecule has 4 aromatic rings. The van der Waals surface area contributed by atoms with Crippen LogP contribution in [0.3, 0.4) is 0 Å². The van der Waals surface area contributed by atoms with Gasteiger partial charge in [0.05, 0.1) is 16.6 Å². The second-order valence-corrected chi connectivity index (χ2v) is 10.2. The fourth-order valence-electron chi connectivity index (χ4n) is 5.89. The van der Waals surface area contributed by atoms with Gasteiger partial charge < -0.3 is 14.9 Å². The van der Waals surface area contributed by atoms with E-state index in [1.807, 2.05) is 0 Å². The topological polar surface area (TPSA) is 69.6 Å². The summed E-state index contributed by atoms with van der Waals surface area (Å²) in [5.41, 5.74) is 4.44. The van der Waals surface area contributed by atoms with Gasteiger partial charge in [-0.05, 0) is 66.8 Å². The second-order valence-electron chi connectivity index (χ2n) is 10.2. The van der Waals surface area contributed by atoms with Crippen molar-refractivity contribution < 1.29 is 9.90 Å². The predicted molar refractivity (Wildman–Crippen MR) is 148 cm³/mol. The van der Waals surface area contributed by atoms with Crippen molar-refractivity contribution in [2.24, 2.45) is 0 Å². The van der Waals surface area contributed by atoms with Crippen molar-refractivity contribution in [3.05, 3.63) is 95.6 Å². The highest BCUT2D eigenvalue weighted by molar-refractivity contribution is 5.93. The molecule has 188 valence electrons. The molecule has 0 bridgehead atoms. The number of hydrogen-bond acceptors (Lipinski definition) is 5. The Morgan fingerprint density at radius 1 is 0.649 bits per heavy atom. The molecule has 0 saturated carbocycles. The number of carbonyl (C=O) groups is 1. The van der Waals surface area contributed by atoms with Crippen LogP contribution >= 0.6 is 0 Å². The summed E-state index contributed by atoms with van der Waals surface area (Å²) in [6.45, 7) is 3.68. The summed E-state index contributed by atoms with van der Waals surface area (Å²) in [5, 5.41) is 9.51. The molecule has 3 aromatic carbocycles. The number of nitrogens with zero attached hydrogens (tertiary/aromatic N) is 4. The Hall–Kier alpha value is -3.93. The lowest BCUT2D eigenvalue weighted by atomic mass is 9.89. The number of rotatable bonds is 5. The Labute approximate surface area is 217 Å². The van der Waals surface area contributed by atoms with E-state index in [4.69, 9.17) is 9.97 Å². The van der Waals surface area contributed by atoms with Gasteiger partial charge >= 0.3 is 5.97 Å². The fraction of sp³-hybridized carbons (Fsp3) is 0.323. The fourth-order valence-corrected chi connectivity index (χ4v) is 5.89. The summed E-state index contributed by atoms with van der Waals surface area (Å²) < 4.78 is 0. The van der Waals surface area contributed by atoms with E-state index in [0.717, 1.165) is 69.0 Å². The number of anilines is 2. The normalized spacial score (nSPS) is 17.3. The van der Waals surface area contributed by atoms with Crippen molar-refractivity contribution in [2.45, 2.75) is 37.5 Å². The first-order valence-electron chi connectivity index (χ1n) is 13.3. The smallest absolute Gasteiger partial charge is 0.335 e. The standard InChI is InChI=1S/C31H32N4O2/c36-31(37)26-11-12-27-28(21-26)33-30(35-19-15-25(16-20-35)23-9-5-2-6-10-23)29(32-27)34-17-13-24(14-18-34)22-7-3-1-4-8-22/h1-12,21,24-25H,13-20H2,(H,36,37). The summed E-state index contributed by atoms with van der Waals surface area (Å²) in [5.74, 6) is 1.99. The van der Waals surface area contributed by atoms with Gasteiger partial charge in [0.15, 0.2) is 11.6 Å². The van der Waals surface area contributed by atoms with E-state index in [1.165, 1.54) is 11.1 Å². The van der Waals surface area contributed by atoms with Gasteiger partial charge in [-0.25, -0.2) is 14.8 Å². The van der Waals surface area contributed by atoms with E-state index in [1.54, 1.807) is 18.2 Å². The molecule has 3 heterocycles. The average molecular weight is 493 g/mol. The molecule has 2 aliphatic rings. The van der Waals surface area contributed by atoms with Crippen LogP contribution in [0.15, 0.2) is 78.9 Å². The van der Waals surface area contributed by atoms with Gasteiger partial charge in [-0.1, -0.05) is 60.7 Å². The molecule has 0 radical (unpaired) electrons. The Morgan fingerprint density at radius 3 is 1.57 bits per heavy atom. The SMILES string of the molecule is O=C(O)c1ccc2nc(N3CCC(c4ccccc4)CC3)c(N3CCC(c4ccccc4)CC3)nc2c1. The lowest BCUT2D eigenvalue weighted by Gasteiger charge is -2.38. The molecule has 0 spiro atoms. The minimum atomic E-state index is -0.944. The van der Waals surface area contributed by atoms with Crippen LogP contribution in [-0.2, 0) is 0 Å². The van der Waals surface area contributed by atoms with E-state index < -0.39 is 5.97 Å². The minimum Gasteiger partial charge on any atom is -0.478 e. The third-order valence-electron chi connectivity index (χ3n) is 8.01. The Bertz CT molecular complexity index is 1380. The van der Waals surface area contributed by atoms with Crippen LogP contribution in [-0.4, -0.2) is 47.2 Å². The van der Waals surface area contributed by atoms with Crippen LogP contribution in [0, 0.1) is 0 Å². The number of carboxylic acid groups (broad SMARTS) is 1. The van der Waals surface area contributed by atoms with Crippen LogP contribution in [0.4, 0.5) is 11.6 Å². The minimum absolute atomic E-state index is 0.243. The van der Waals surface area contributed by atoms with Crippen molar-refractivity contribution in [3.63, 3.8) is 0 Å². The van der Waals surface area contributed by atoms with Gasteiger partial charge in [0, 0.05) is 26.2 Å². The number of hydrogen-bond donors (Lipinski definition) is 1. The molecule has 1 N–H and O–H groups in total. The molecule has 0 amide bonds. The Morgan fingerprint density at radius 2 is 1.11 bits per heavy atom. The van der Waals surface area contributed by atoms with E-state index >= 15 is 0 Å². The first kappa shape index (κ1) is 23.5. The van der Waals surface area contributed by atoms with Crippen molar-refractivity contribution in [2.75, 3.05) is 36.0 Å². The van der Waals surface area contributed by atoms with Gasteiger partial charge in [0.1, 0.15) is 0 Å². The molecule has 2 saturated heterocycles. The number of benzene rings is 3. The molecule has 2 aliphatic heterocycles. The first-order chi connectivity index (χ1) is 18.2. The van der Waals surface area contributed by atoms with E-state index in [9.17, 15) is 9.90 Å². The molecule has 1 aromatic heterocycles. The molecule has 6 rings (SSSR count). The third kappa shape index (κ3) is 4.88. The van der Waals surface area contributed by atoms with Crippen LogP contribution in [0.1, 0.15) is 59.0 Å². The van der Waals surface area contributed by atoms with Gasteiger partial charge in [-0.3, -0.25) is 0 Å². The molecule has 0 aliphatic carbocycles. The summed E-state index contributed by atoms with van der Waals surface area (Å²) in [6, 6.07) is 26.6. The number of carboxylic acids is 1. The monoisotopic (exact) mass is 492 g/mol. The zero-order valence-corrected chi connectivity index (χ0v) is 21.0. The molecule has 0 unspecified atom stereocenters. The Kier molecular flexibility index (Phi) is 6.47. The molecule has 2 fully saturated rings. The van der Waals surface area contributed by atoms with Crippen LogP contribution in [0.2, 0.25) is 0 Å². The van der Waals surface area contributed by atoms with E-state index in [-0.39, 0.29) is 5.56 Å². The van der Waals surface area contributed by atoms with E-state index in [2.05, 4.69) is 70.5 Å². The summed E-state index contributed by atoms with van der Waals surface area (Å²) in [4.78, 5) is 26.5. The second kappa shape index (κ2) is 10.2. The molecule has 6 nitrogen and oxygen atoms in total. The molecule has 37 heavy (non-hydrogen) atoms. The Balaban J connectivity index is 1.29. The van der Waals surface area contributed by atoms with Crippen LogP contribution in [0.25, 0.3) is 11.0 Å². The number of aromatic carboxylic acids is 1. The maximum Gasteiger partial charge on any atom is 0.335 e.